The Morgan fingerprint density at radius 3 is 2.43 bits per heavy atom. The Bertz CT molecular complexity index is 664. The highest BCUT2D eigenvalue weighted by Crippen LogP contribution is 2.18. The van der Waals surface area contributed by atoms with Crippen molar-refractivity contribution in [1.29, 1.82) is 0 Å². The van der Waals surface area contributed by atoms with Crippen LogP contribution in [0, 0.1) is 0 Å². The van der Waals surface area contributed by atoms with Crippen LogP contribution in [-0.4, -0.2) is 42.6 Å². The minimum absolute atomic E-state index is 0.0801. The predicted octanol–water partition coefficient (Wildman–Crippen LogP) is -0.0837. The lowest BCUT2D eigenvalue weighted by Gasteiger charge is -2.23. The predicted molar refractivity (Wildman–Crippen MR) is 75.5 cm³/mol. The van der Waals surface area contributed by atoms with Crippen molar-refractivity contribution in [3.05, 3.63) is 18.0 Å². The van der Waals surface area contributed by atoms with E-state index in [1.54, 1.807) is 6.92 Å². The van der Waals surface area contributed by atoms with Crippen LogP contribution in [-0.2, 0) is 21.9 Å². The van der Waals surface area contributed by atoms with Crippen molar-refractivity contribution < 1.29 is 23.1 Å². The van der Waals surface area contributed by atoms with Crippen molar-refractivity contribution in [2.75, 3.05) is 7.05 Å². The maximum absolute atomic E-state index is 12.3. The van der Waals surface area contributed by atoms with Crippen molar-refractivity contribution in [1.82, 2.24) is 14.6 Å². The first-order valence-corrected chi connectivity index (χ1v) is 7.71. The topological polar surface area (TPSA) is 117 Å². The lowest BCUT2D eigenvalue weighted by molar-refractivity contribution is -0.143. The molecule has 0 aliphatic rings. The zero-order valence-electron chi connectivity index (χ0n) is 12.3. The van der Waals surface area contributed by atoms with E-state index in [0.29, 0.717) is 0 Å². The van der Waals surface area contributed by atoms with Crippen molar-refractivity contribution in [3.8, 4) is 0 Å². The summed E-state index contributed by atoms with van der Waals surface area (Å²) in [5.74, 6) is -1.70. The van der Waals surface area contributed by atoms with Gasteiger partial charge in [0.05, 0.1) is 0 Å². The Hall–Kier alpha value is -1.87. The third kappa shape index (κ3) is 3.42. The van der Waals surface area contributed by atoms with Crippen molar-refractivity contribution in [2.45, 2.75) is 30.7 Å². The van der Waals surface area contributed by atoms with Gasteiger partial charge >= 0.3 is 5.97 Å². The minimum atomic E-state index is -4.05. The normalized spacial score (nSPS) is 14.5. The summed E-state index contributed by atoms with van der Waals surface area (Å²) in [4.78, 5) is 22.6. The molecule has 1 amide bonds. The van der Waals surface area contributed by atoms with Gasteiger partial charge in [-0.15, -0.1) is 0 Å². The molecule has 0 saturated carbocycles. The van der Waals surface area contributed by atoms with Crippen molar-refractivity contribution in [2.24, 2.45) is 7.05 Å². The van der Waals surface area contributed by atoms with E-state index in [-0.39, 0.29) is 17.0 Å². The van der Waals surface area contributed by atoms with E-state index >= 15 is 0 Å². The van der Waals surface area contributed by atoms with Gasteiger partial charge in [-0.2, -0.15) is 4.72 Å². The summed E-state index contributed by atoms with van der Waals surface area (Å²) < 4.78 is 28.1. The number of carbonyl (C=O) groups is 2. The molecule has 0 spiro atoms. The van der Waals surface area contributed by atoms with Crippen LogP contribution < -0.4 is 10.0 Å². The lowest BCUT2D eigenvalue weighted by Crippen LogP contribution is -2.51. The van der Waals surface area contributed by atoms with Gasteiger partial charge in [0.25, 0.3) is 5.91 Å². The van der Waals surface area contributed by atoms with Crippen LogP contribution >= 0.6 is 0 Å². The zero-order chi connectivity index (χ0) is 16.4. The molecule has 0 fully saturated rings. The Morgan fingerprint density at radius 1 is 1.43 bits per heavy atom. The van der Waals surface area contributed by atoms with Gasteiger partial charge in [0, 0.05) is 20.3 Å². The summed E-state index contributed by atoms with van der Waals surface area (Å²) in [6.07, 6.45) is 1.33. The first kappa shape index (κ1) is 17.2. The molecule has 1 aromatic rings. The molecule has 1 atom stereocenters. The molecular formula is C12H19N3O5S. The number of hydrogen-bond donors (Lipinski definition) is 3. The molecule has 3 N–H and O–H groups in total. The van der Waals surface area contributed by atoms with Crippen molar-refractivity contribution >= 4 is 21.9 Å². The second kappa shape index (κ2) is 5.86. The molecule has 0 aromatic carbocycles. The number of rotatable bonds is 6. The van der Waals surface area contributed by atoms with Crippen LogP contribution in [0.4, 0.5) is 0 Å². The number of sulfonamides is 1. The molecule has 0 saturated heterocycles. The fraction of sp³-hybridized carbons (Fsp3) is 0.500. The molecule has 0 bridgehead atoms. The number of amides is 1. The maximum atomic E-state index is 12.3. The molecule has 0 radical (unpaired) electrons. The second-order valence-electron chi connectivity index (χ2n) is 4.85. The van der Waals surface area contributed by atoms with Crippen LogP contribution in [0.2, 0.25) is 0 Å². The number of carbonyl (C=O) groups excluding carboxylic acids is 1. The van der Waals surface area contributed by atoms with Gasteiger partial charge in [-0.05, 0) is 19.4 Å². The molecule has 1 aromatic heterocycles. The van der Waals surface area contributed by atoms with Gasteiger partial charge in [-0.25, -0.2) is 8.42 Å². The van der Waals surface area contributed by atoms with Gasteiger partial charge in [0.2, 0.25) is 10.0 Å². The number of carboxylic acids is 1. The number of aryl methyl sites for hydroxylation is 1. The summed E-state index contributed by atoms with van der Waals surface area (Å²) in [6, 6.07) is 1.19. The number of hydrogen-bond acceptors (Lipinski definition) is 4. The minimum Gasteiger partial charge on any atom is -0.480 e. The third-order valence-electron chi connectivity index (χ3n) is 3.29. The SMILES string of the molecule is CCC(C)(NS(=O)(=O)c1cc(C(=O)NC)n(C)c1)C(=O)O. The van der Waals surface area contributed by atoms with Crippen LogP contribution in [0.1, 0.15) is 30.8 Å². The van der Waals surface area contributed by atoms with Gasteiger partial charge in [0.15, 0.2) is 0 Å². The van der Waals surface area contributed by atoms with E-state index in [1.807, 2.05) is 0 Å². The number of nitrogens with zero attached hydrogens (tertiary/aromatic N) is 1. The fourth-order valence-corrected chi connectivity index (χ4v) is 3.16. The standard InChI is InChI=1S/C12H19N3O5S/c1-5-12(2,11(17)18)14-21(19,20)8-6-9(10(16)13-3)15(4)7-8/h6-7,14H,5H2,1-4H3,(H,13,16)(H,17,18). The number of carboxylic acid groups (broad SMARTS) is 1. The maximum Gasteiger partial charge on any atom is 0.324 e. The van der Waals surface area contributed by atoms with E-state index in [0.717, 1.165) is 0 Å². The number of aromatic nitrogens is 1. The number of aliphatic carboxylic acids is 1. The van der Waals surface area contributed by atoms with E-state index in [4.69, 9.17) is 5.11 Å². The fourth-order valence-electron chi connectivity index (χ4n) is 1.66. The highest BCUT2D eigenvalue weighted by atomic mass is 32.2. The van der Waals surface area contributed by atoms with Gasteiger partial charge < -0.3 is 15.0 Å². The lowest BCUT2D eigenvalue weighted by atomic mass is 10.0. The van der Waals surface area contributed by atoms with E-state index in [1.165, 1.54) is 37.8 Å². The molecular weight excluding hydrogens is 298 g/mol. The molecule has 1 heterocycles. The summed E-state index contributed by atoms with van der Waals surface area (Å²) in [5.41, 5.74) is -1.45. The summed E-state index contributed by atoms with van der Waals surface area (Å²) >= 11 is 0. The highest BCUT2D eigenvalue weighted by molar-refractivity contribution is 7.89. The molecule has 0 aliphatic carbocycles. The van der Waals surface area contributed by atoms with Crippen molar-refractivity contribution in [3.63, 3.8) is 0 Å². The molecule has 9 heteroatoms. The van der Waals surface area contributed by atoms with Crippen LogP contribution in [0.5, 0.6) is 0 Å². The summed E-state index contributed by atoms with van der Waals surface area (Å²) in [6.45, 7) is 2.85. The molecule has 1 unspecified atom stereocenters. The smallest absolute Gasteiger partial charge is 0.324 e. The number of nitrogens with one attached hydrogen (secondary N) is 2. The molecule has 118 valence electrons. The molecule has 21 heavy (non-hydrogen) atoms. The monoisotopic (exact) mass is 317 g/mol. The second-order valence-corrected chi connectivity index (χ2v) is 6.53. The first-order valence-electron chi connectivity index (χ1n) is 6.23. The average Bonchev–Trinajstić information content (AvgIpc) is 2.80. The Labute approximate surface area is 123 Å². The summed E-state index contributed by atoms with van der Waals surface area (Å²) in [7, 11) is -1.09. The van der Waals surface area contributed by atoms with Crippen LogP contribution in [0.15, 0.2) is 17.2 Å². The largest absolute Gasteiger partial charge is 0.480 e. The van der Waals surface area contributed by atoms with Gasteiger partial charge in [0.1, 0.15) is 16.1 Å². The Balaban J connectivity index is 3.21. The summed E-state index contributed by atoms with van der Waals surface area (Å²) in [5, 5.41) is 11.5. The zero-order valence-corrected chi connectivity index (χ0v) is 13.1. The highest BCUT2D eigenvalue weighted by Gasteiger charge is 2.36. The van der Waals surface area contributed by atoms with Crippen LogP contribution in [0.3, 0.4) is 0 Å². The van der Waals surface area contributed by atoms with Gasteiger partial charge in [-0.3, -0.25) is 9.59 Å². The van der Waals surface area contributed by atoms with E-state index < -0.39 is 27.4 Å². The van der Waals surface area contributed by atoms with Crippen LogP contribution in [0.25, 0.3) is 0 Å². The third-order valence-corrected chi connectivity index (χ3v) is 4.85. The molecule has 1 rings (SSSR count). The molecule has 0 aliphatic heterocycles. The van der Waals surface area contributed by atoms with E-state index in [9.17, 15) is 18.0 Å². The molecule has 8 nitrogen and oxygen atoms in total. The van der Waals surface area contributed by atoms with Gasteiger partial charge in [-0.1, -0.05) is 6.92 Å². The average molecular weight is 317 g/mol. The Kier molecular flexibility index (Phi) is 4.79. The quantitative estimate of drug-likeness (QED) is 0.678. The Morgan fingerprint density at radius 2 is 2.00 bits per heavy atom. The first-order chi connectivity index (χ1) is 9.57. The van der Waals surface area contributed by atoms with E-state index in [2.05, 4.69) is 10.0 Å².